The third kappa shape index (κ3) is 1.86. The average molecular weight is 232 g/mol. The van der Waals surface area contributed by atoms with Crippen molar-refractivity contribution in [2.75, 3.05) is 7.11 Å². The Morgan fingerprint density at radius 3 is 2.53 bits per heavy atom. The number of hydrogen-bond donors (Lipinski definition) is 0. The quantitative estimate of drug-likeness (QED) is 0.593. The van der Waals surface area contributed by atoms with Crippen LogP contribution in [0.4, 0.5) is 0 Å². The van der Waals surface area contributed by atoms with Crippen molar-refractivity contribution in [2.45, 2.75) is 31.6 Å². The molecule has 0 fully saturated rings. The standard InChI is InChI=1S/C14H16O3/c1-3-6-11-9-7-4-5-8-10(9)12(13(11)15)14(16)17-2/h4-5,7-8,11-12H,3,6H2,1-2H3. The van der Waals surface area contributed by atoms with Crippen molar-refractivity contribution < 1.29 is 14.3 Å². The summed E-state index contributed by atoms with van der Waals surface area (Å²) in [6.45, 7) is 2.04. The predicted molar refractivity (Wildman–Crippen MR) is 63.9 cm³/mol. The summed E-state index contributed by atoms with van der Waals surface area (Å²) in [5.41, 5.74) is 1.82. The topological polar surface area (TPSA) is 43.4 Å². The van der Waals surface area contributed by atoms with Crippen molar-refractivity contribution in [1.82, 2.24) is 0 Å². The number of fused-ring (bicyclic) bond motifs is 1. The van der Waals surface area contributed by atoms with Crippen LogP contribution in [0.25, 0.3) is 0 Å². The molecule has 2 rings (SSSR count). The number of Topliss-reactive ketones (excluding diaryl/α,β-unsaturated/α-hetero) is 1. The maximum absolute atomic E-state index is 12.3. The van der Waals surface area contributed by atoms with Crippen LogP contribution >= 0.6 is 0 Å². The number of carbonyl (C=O) groups excluding carboxylic acids is 2. The van der Waals surface area contributed by atoms with Gasteiger partial charge in [0.15, 0.2) is 5.78 Å². The third-order valence-corrected chi connectivity index (χ3v) is 3.32. The monoisotopic (exact) mass is 232 g/mol. The second-order valence-corrected chi connectivity index (χ2v) is 4.33. The Morgan fingerprint density at radius 1 is 1.29 bits per heavy atom. The van der Waals surface area contributed by atoms with Gasteiger partial charge in [-0.2, -0.15) is 0 Å². The van der Waals surface area contributed by atoms with E-state index in [-0.39, 0.29) is 11.7 Å². The third-order valence-electron chi connectivity index (χ3n) is 3.32. The Bertz CT molecular complexity index is 451. The zero-order valence-electron chi connectivity index (χ0n) is 10.1. The van der Waals surface area contributed by atoms with Gasteiger partial charge in [0.2, 0.25) is 0 Å². The summed E-state index contributed by atoms with van der Waals surface area (Å²) in [4.78, 5) is 23.9. The van der Waals surface area contributed by atoms with Gasteiger partial charge in [0.05, 0.1) is 7.11 Å². The Kier molecular flexibility index (Phi) is 3.27. The van der Waals surface area contributed by atoms with E-state index in [1.54, 1.807) is 0 Å². The normalized spacial score (nSPS) is 22.4. The van der Waals surface area contributed by atoms with Gasteiger partial charge in [-0.15, -0.1) is 0 Å². The average Bonchev–Trinajstić information content (AvgIpc) is 2.63. The Morgan fingerprint density at radius 2 is 1.94 bits per heavy atom. The lowest BCUT2D eigenvalue weighted by molar-refractivity contribution is -0.145. The molecule has 0 bridgehead atoms. The summed E-state index contributed by atoms with van der Waals surface area (Å²) in [6, 6.07) is 7.56. The summed E-state index contributed by atoms with van der Waals surface area (Å²) in [6.07, 6.45) is 1.72. The molecule has 0 spiro atoms. The molecule has 2 atom stereocenters. The van der Waals surface area contributed by atoms with E-state index in [1.807, 2.05) is 31.2 Å². The highest BCUT2D eigenvalue weighted by Gasteiger charge is 2.43. The lowest BCUT2D eigenvalue weighted by atomic mass is 9.95. The van der Waals surface area contributed by atoms with E-state index in [2.05, 4.69) is 0 Å². The first-order valence-electron chi connectivity index (χ1n) is 5.91. The minimum Gasteiger partial charge on any atom is -0.468 e. The number of esters is 1. The molecule has 0 aliphatic heterocycles. The molecule has 1 aromatic rings. The SMILES string of the molecule is CCCC1C(=O)C(C(=O)OC)c2ccccc21. The Labute approximate surface area is 101 Å². The Hall–Kier alpha value is -1.64. The smallest absolute Gasteiger partial charge is 0.320 e. The fourth-order valence-electron chi connectivity index (χ4n) is 2.55. The molecule has 0 saturated heterocycles. The summed E-state index contributed by atoms with van der Waals surface area (Å²) < 4.78 is 4.73. The van der Waals surface area contributed by atoms with Crippen molar-refractivity contribution in [3.05, 3.63) is 35.4 Å². The number of carbonyl (C=O) groups is 2. The second kappa shape index (κ2) is 4.70. The van der Waals surface area contributed by atoms with Crippen LogP contribution in [0.15, 0.2) is 24.3 Å². The molecular formula is C14H16O3. The van der Waals surface area contributed by atoms with E-state index >= 15 is 0 Å². The van der Waals surface area contributed by atoms with E-state index in [4.69, 9.17) is 4.74 Å². The fourth-order valence-corrected chi connectivity index (χ4v) is 2.55. The van der Waals surface area contributed by atoms with Crippen LogP contribution in [-0.4, -0.2) is 18.9 Å². The number of hydrogen-bond acceptors (Lipinski definition) is 3. The molecule has 0 N–H and O–H groups in total. The lowest BCUT2D eigenvalue weighted by Crippen LogP contribution is -2.21. The van der Waals surface area contributed by atoms with E-state index < -0.39 is 11.9 Å². The minimum atomic E-state index is -0.715. The van der Waals surface area contributed by atoms with Crippen LogP contribution in [0.3, 0.4) is 0 Å². The van der Waals surface area contributed by atoms with Gasteiger partial charge in [0, 0.05) is 5.92 Å². The van der Waals surface area contributed by atoms with Crippen LogP contribution in [0.2, 0.25) is 0 Å². The number of benzene rings is 1. The molecule has 0 aromatic heterocycles. The minimum absolute atomic E-state index is 0.0140. The van der Waals surface area contributed by atoms with Crippen LogP contribution in [0.5, 0.6) is 0 Å². The van der Waals surface area contributed by atoms with E-state index in [9.17, 15) is 9.59 Å². The molecule has 1 aliphatic rings. The first-order chi connectivity index (χ1) is 8.20. The first-order valence-corrected chi connectivity index (χ1v) is 5.91. The first kappa shape index (κ1) is 11.8. The van der Waals surface area contributed by atoms with Gasteiger partial charge < -0.3 is 4.74 Å². The van der Waals surface area contributed by atoms with E-state index in [0.717, 1.165) is 24.0 Å². The predicted octanol–water partition coefficient (Wildman–Crippen LogP) is 2.41. The van der Waals surface area contributed by atoms with Gasteiger partial charge in [0.25, 0.3) is 0 Å². The highest BCUT2D eigenvalue weighted by molar-refractivity contribution is 6.10. The molecule has 0 amide bonds. The largest absolute Gasteiger partial charge is 0.468 e. The van der Waals surface area contributed by atoms with Crippen molar-refractivity contribution >= 4 is 11.8 Å². The molecule has 2 unspecified atom stereocenters. The fraction of sp³-hybridized carbons (Fsp3) is 0.429. The lowest BCUT2D eigenvalue weighted by Gasteiger charge is -2.08. The molecule has 3 nitrogen and oxygen atoms in total. The van der Waals surface area contributed by atoms with Gasteiger partial charge in [-0.1, -0.05) is 37.6 Å². The number of methoxy groups -OCH3 is 1. The van der Waals surface area contributed by atoms with Crippen molar-refractivity contribution in [1.29, 1.82) is 0 Å². The zero-order chi connectivity index (χ0) is 12.4. The highest BCUT2D eigenvalue weighted by Crippen LogP contribution is 2.41. The van der Waals surface area contributed by atoms with Gasteiger partial charge >= 0.3 is 5.97 Å². The van der Waals surface area contributed by atoms with Crippen molar-refractivity contribution in [2.24, 2.45) is 0 Å². The van der Waals surface area contributed by atoms with Crippen molar-refractivity contribution in [3.63, 3.8) is 0 Å². The van der Waals surface area contributed by atoms with Gasteiger partial charge in [0.1, 0.15) is 5.92 Å². The summed E-state index contributed by atoms with van der Waals surface area (Å²) in [5.74, 6) is -1.31. The van der Waals surface area contributed by atoms with Gasteiger partial charge in [-0.05, 0) is 17.5 Å². The number of ether oxygens (including phenoxy) is 1. The molecule has 3 heteroatoms. The van der Waals surface area contributed by atoms with E-state index in [1.165, 1.54) is 7.11 Å². The molecule has 1 aliphatic carbocycles. The van der Waals surface area contributed by atoms with Crippen molar-refractivity contribution in [3.8, 4) is 0 Å². The molecule has 17 heavy (non-hydrogen) atoms. The molecule has 0 heterocycles. The molecule has 90 valence electrons. The van der Waals surface area contributed by atoms with Gasteiger partial charge in [-0.3, -0.25) is 9.59 Å². The zero-order valence-corrected chi connectivity index (χ0v) is 10.1. The number of ketones is 1. The molecular weight excluding hydrogens is 216 g/mol. The van der Waals surface area contributed by atoms with Crippen LogP contribution in [-0.2, 0) is 14.3 Å². The maximum Gasteiger partial charge on any atom is 0.320 e. The van der Waals surface area contributed by atoms with Crippen LogP contribution in [0, 0.1) is 0 Å². The van der Waals surface area contributed by atoms with Crippen LogP contribution < -0.4 is 0 Å². The van der Waals surface area contributed by atoms with E-state index in [0.29, 0.717) is 0 Å². The van der Waals surface area contributed by atoms with Crippen LogP contribution in [0.1, 0.15) is 42.7 Å². The summed E-state index contributed by atoms with van der Waals surface area (Å²) >= 11 is 0. The highest BCUT2D eigenvalue weighted by atomic mass is 16.5. The molecule has 0 saturated carbocycles. The Balaban J connectivity index is 2.45. The summed E-state index contributed by atoms with van der Waals surface area (Å²) in [5, 5.41) is 0. The summed E-state index contributed by atoms with van der Waals surface area (Å²) in [7, 11) is 1.32. The number of rotatable bonds is 3. The maximum atomic E-state index is 12.3. The molecule has 1 aromatic carbocycles. The molecule has 0 radical (unpaired) electrons. The second-order valence-electron chi connectivity index (χ2n) is 4.33. The van der Waals surface area contributed by atoms with Gasteiger partial charge in [-0.25, -0.2) is 0 Å².